The first-order valence-corrected chi connectivity index (χ1v) is 5.72. The molecule has 0 saturated carbocycles. The lowest BCUT2D eigenvalue weighted by molar-refractivity contribution is 0.123. The zero-order chi connectivity index (χ0) is 12.4. The van der Waals surface area contributed by atoms with Gasteiger partial charge in [0, 0.05) is 20.1 Å². The average Bonchev–Trinajstić information content (AvgIpc) is 2.35. The number of para-hydroxylation sites is 1. The molecule has 0 radical (unpaired) electrons. The second-order valence-electron chi connectivity index (χ2n) is 4.29. The lowest BCUT2D eigenvalue weighted by atomic mass is 10.0. The molecule has 0 fully saturated rings. The third-order valence-electron chi connectivity index (χ3n) is 3.33. The summed E-state index contributed by atoms with van der Waals surface area (Å²) >= 11 is 0. The summed E-state index contributed by atoms with van der Waals surface area (Å²) in [6.07, 6.45) is 0.497. The monoisotopic (exact) mass is 232 g/mol. The van der Waals surface area contributed by atoms with Gasteiger partial charge in [0.05, 0.1) is 17.3 Å². The van der Waals surface area contributed by atoms with Crippen LogP contribution in [0.4, 0.5) is 5.69 Å². The second kappa shape index (κ2) is 4.64. The topological polar surface area (TPSA) is 56.5 Å². The van der Waals surface area contributed by atoms with Crippen molar-refractivity contribution in [2.24, 2.45) is 0 Å². The van der Waals surface area contributed by atoms with Crippen LogP contribution in [0.1, 0.15) is 18.9 Å². The van der Waals surface area contributed by atoms with Crippen molar-refractivity contribution in [2.75, 3.05) is 18.6 Å². The molecule has 1 heterocycles. The Balaban J connectivity index is 2.42. The van der Waals surface area contributed by atoms with Crippen LogP contribution in [0.5, 0.6) is 5.75 Å². The van der Waals surface area contributed by atoms with Crippen molar-refractivity contribution in [3.05, 3.63) is 23.8 Å². The molecule has 1 aliphatic heterocycles. The van der Waals surface area contributed by atoms with Crippen molar-refractivity contribution in [3.63, 3.8) is 0 Å². The van der Waals surface area contributed by atoms with Crippen molar-refractivity contribution in [1.82, 2.24) is 0 Å². The molecule has 1 N–H and O–H groups in total. The summed E-state index contributed by atoms with van der Waals surface area (Å²) in [5.74, 6) is 0.633. The van der Waals surface area contributed by atoms with Crippen LogP contribution < -0.4 is 9.64 Å². The second-order valence-corrected chi connectivity index (χ2v) is 4.29. The van der Waals surface area contributed by atoms with E-state index in [1.54, 1.807) is 6.07 Å². The van der Waals surface area contributed by atoms with E-state index in [1.165, 1.54) is 0 Å². The standard InChI is InChI=1S/C13H16N2O2/c1-9-12(6-7-16)17-13-10(8-14)4-3-5-11(13)15(9)2/h3-5,9,12,16H,6-7H2,1-2H3. The highest BCUT2D eigenvalue weighted by Gasteiger charge is 2.31. The fourth-order valence-electron chi connectivity index (χ4n) is 2.16. The summed E-state index contributed by atoms with van der Waals surface area (Å²) in [5, 5.41) is 18.1. The van der Waals surface area contributed by atoms with Crippen LogP contribution in [0.25, 0.3) is 0 Å². The zero-order valence-electron chi connectivity index (χ0n) is 10.1. The molecule has 0 aromatic heterocycles. The molecule has 17 heavy (non-hydrogen) atoms. The maximum absolute atomic E-state index is 9.06. The zero-order valence-corrected chi connectivity index (χ0v) is 10.1. The minimum Gasteiger partial charge on any atom is -0.485 e. The smallest absolute Gasteiger partial charge is 0.160 e. The summed E-state index contributed by atoms with van der Waals surface area (Å²) in [4.78, 5) is 2.10. The maximum Gasteiger partial charge on any atom is 0.160 e. The summed E-state index contributed by atoms with van der Waals surface area (Å²) in [6, 6.07) is 7.88. The molecule has 1 aliphatic rings. The van der Waals surface area contributed by atoms with Gasteiger partial charge >= 0.3 is 0 Å². The molecule has 4 nitrogen and oxygen atoms in total. The van der Waals surface area contributed by atoms with Crippen molar-refractivity contribution >= 4 is 5.69 Å². The van der Waals surface area contributed by atoms with E-state index >= 15 is 0 Å². The lowest BCUT2D eigenvalue weighted by Crippen LogP contribution is -2.46. The molecule has 2 unspecified atom stereocenters. The molecule has 4 heteroatoms. The molecule has 2 atom stereocenters. The van der Waals surface area contributed by atoms with Gasteiger partial charge in [0.25, 0.3) is 0 Å². The van der Waals surface area contributed by atoms with Crippen LogP contribution in [0.15, 0.2) is 18.2 Å². The molecule has 0 aliphatic carbocycles. The van der Waals surface area contributed by atoms with Gasteiger partial charge < -0.3 is 14.7 Å². The van der Waals surface area contributed by atoms with Crippen molar-refractivity contribution in [1.29, 1.82) is 5.26 Å². The fourth-order valence-corrected chi connectivity index (χ4v) is 2.16. The van der Waals surface area contributed by atoms with Gasteiger partial charge in [-0.25, -0.2) is 0 Å². The minimum atomic E-state index is -0.0769. The molecule has 0 saturated heterocycles. The minimum absolute atomic E-state index is 0.0769. The Labute approximate surface area is 101 Å². The Morgan fingerprint density at radius 3 is 2.94 bits per heavy atom. The van der Waals surface area contributed by atoms with Gasteiger partial charge in [0.15, 0.2) is 5.75 Å². The number of aliphatic hydroxyl groups is 1. The third kappa shape index (κ3) is 1.94. The Morgan fingerprint density at radius 1 is 1.53 bits per heavy atom. The number of rotatable bonds is 2. The molecule has 2 rings (SSSR count). The number of anilines is 1. The van der Waals surface area contributed by atoms with Crippen LogP contribution in [0.2, 0.25) is 0 Å². The van der Waals surface area contributed by atoms with E-state index in [1.807, 2.05) is 19.2 Å². The number of likely N-dealkylation sites (N-methyl/N-ethyl adjacent to an activating group) is 1. The van der Waals surface area contributed by atoms with E-state index in [9.17, 15) is 0 Å². The largest absolute Gasteiger partial charge is 0.485 e. The number of aliphatic hydroxyl groups excluding tert-OH is 1. The number of benzene rings is 1. The molecule has 90 valence electrons. The highest BCUT2D eigenvalue weighted by atomic mass is 16.5. The van der Waals surface area contributed by atoms with Crippen molar-refractivity contribution in [3.8, 4) is 11.8 Å². The molecular formula is C13H16N2O2. The number of ether oxygens (including phenoxy) is 1. The first-order chi connectivity index (χ1) is 8.19. The van der Waals surface area contributed by atoms with Crippen LogP contribution in [-0.2, 0) is 0 Å². The van der Waals surface area contributed by atoms with Crippen molar-refractivity contribution in [2.45, 2.75) is 25.5 Å². The van der Waals surface area contributed by atoms with Gasteiger partial charge in [-0.15, -0.1) is 0 Å². The number of fused-ring (bicyclic) bond motifs is 1. The molecule has 1 aromatic carbocycles. The van der Waals surface area contributed by atoms with E-state index in [0.717, 1.165) is 5.69 Å². The Morgan fingerprint density at radius 2 is 2.29 bits per heavy atom. The summed E-state index contributed by atoms with van der Waals surface area (Å²) < 4.78 is 5.85. The average molecular weight is 232 g/mol. The van der Waals surface area contributed by atoms with Crippen LogP contribution in [0, 0.1) is 11.3 Å². The van der Waals surface area contributed by atoms with Gasteiger partial charge in [-0.1, -0.05) is 6.07 Å². The molecule has 0 amide bonds. The van der Waals surface area contributed by atoms with Crippen LogP contribution in [0.3, 0.4) is 0 Å². The van der Waals surface area contributed by atoms with Gasteiger partial charge in [0.1, 0.15) is 12.2 Å². The van der Waals surface area contributed by atoms with Crippen molar-refractivity contribution < 1.29 is 9.84 Å². The van der Waals surface area contributed by atoms with Gasteiger partial charge in [-0.2, -0.15) is 5.26 Å². The predicted molar refractivity (Wildman–Crippen MR) is 65.1 cm³/mol. The normalized spacial score (nSPS) is 22.6. The van der Waals surface area contributed by atoms with Crippen LogP contribution in [-0.4, -0.2) is 30.9 Å². The first-order valence-electron chi connectivity index (χ1n) is 5.72. The SMILES string of the molecule is CC1C(CCO)Oc2c(C#N)cccc2N1C. The molecule has 0 spiro atoms. The fraction of sp³-hybridized carbons (Fsp3) is 0.462. The Hall–Kier alpha value is -1.73. The van der Waals surface area contributed by atoms with Crippen LogP contribution >= 0.6 is 0 Å². The highest BCUT2D eigenvalue weighted by molar-refractivity contribution is 5.66. The highest BCUT2D eigenvalue weighted by Crippen LogP contribution is 2.38. The van der Waals surface area contributed by atoms with Gasteiger partial charge in [-0.05, 0) is 19.1 Å². The maximum atomic E-state index is 9.06. The molecule has 0 bridgehead atoms. The third-order valence-corrected chi connectivity index (χ3v) is 3.33. The van der Waals surface area contributed by atoms with E-state index in [0.29, 0.717) is 17.7 Å². The lowest BCUT2D eigenvalue weighted by Gasteiger charge is -2.39. The predicted octanol–water partition coefficient (Wildman–Crippen LogP) is 1.53. The van der Waals surface area contributed by atoms with E-state index in [-0.39, 0.29) is 18.8 Å². The quantitative estimate of drug-likeness (QED) is 0.840. The van der Waals surface area contributed by atoms with E-state index in [2.05, 4.69) is 17.9 Å². The number of nitriles is 1. The number of hydrogen-bond donors (Lipinski definition) is 1. The number of nitrogens with zero attached hydrogens (tertiary/aromatic N) is 2. The molecular weight excluding hydrogens is 216 g/mol. The number of hydrogen-bond acceptors (Lipinski definition) is 4. The summed E-state index contributed by atoms with van der Waals surface area (Å²) in [6.45, 7) is 2.15. The van der Waals surface area contributed by atoms with E-state index in [4.69, 9.17) is 15.1 Å². The Kier molecular flexibility index (Phi) is 3.21. The Bertz CT molecular complexity index is 453. The summed E-state index contributed by atoms with van der Waals surface area (Å²) in [5.41, 5.74) is 1.48. The summed E-state index contributed by atoms with van der Waals surface area (Å²) in [7, 11) is 1.98. The van der Waals surface area contributed by atoms with Gasteiger partial charge in [-0.3, -0.25) is 0 Å². The van der Waals surface area contributed by atoms with E-state index < -0.39 is 0 Å². The first kappa shape index (κ1) is 11.7. The van der Waals surface area contributed by atoms with Gasteiger partial charge in [0.2, 0.25) is 0 Å². The molecule has 1 aromatic rings.